The lowest BCUT2D eigenvalue weighted by Crippen LogP contribution is -2.23. The molecule has 0 fully saturated rings. The molecule has 0 spiro atoms. The van der Waals surface area contributed by atoms with Crippen LogP contribution in [0.15, 0.2) is 69.4 Å². The zero-order valence-corrected chi connectivity index (χ0v) is 22.9. The molecule has 4 rings (SSSR count). The first-order valence-corrected chi connectivity index (χ1v) is 14.5. The summed E-state index contributed by atoms with van der Waals surface area (Å²) in [4.78, 5) is 32.1. The van der Waals surface area contributed by atoms with Crippen molar-refractivity contribution < 1.29 is 13.2 Å². The minimum Gasteiger partial charge on any atom is -0.324 e. The summed E-state index contributed by atoms with van der Waals surface area (Å²) in [5.74, 6) is -0.454. The zero-order chi connectivity index (χ0) is 26.0. The van der Waals surface area contributed by atoms with Crippen LogP contribution in [0.25, 0.3) is 20.7 Å². The lowest BCUT2D eigenvalue weighted by Gasteiger charge is -2.14. The number of carbonyl (C=O) groups is 1. The van der Waals surface area contributed by atoms with E-state index < -0.39 is 15.9 Å². The van der Waals surface area contributed by atoms with Gasteiger partial charge >= 0.3 is 0 Å². The highest BCUT2D eigenvalue weighted by Gasteiger charge is 2.20. The first-order chi connectivity index (χ1) is 17.1. The van der Waals surface area contributed by atoms with E-state index in [1.165, 1.54) is 43.6 Å². The number of nitrogens with one attached hydrogen (secondary N) is 1. The molecule has 0 bridgehead atoms. The van der Waals surface area contributed by atoms with Gasteiger partial charge in [0.15, 0.2) is 5.16 Å². The summed E-state index contributed by atoms with van der Waals surface area (Å²) >= 11 is 8.74. The number of sulfonamides is 1. The molecule has 1 N–H and O–H groups in total. The van der Waals surface area contributed by atoms with Crippen LogP contribution in [-0.4, -0.2) is 48.0 Å². The third-order valence-corrected chi connectivity index (χ3v) is 9.51. The number of aromatic nitrogens is 2. The maximum absolute atomic E-state index is 13.1. The average Bonchev–Trinajstić information content (AvgIpc) is 3.29. The second-order valence-electron chi connectivity index (χ2n) is 7.91. The molecule has 0 atom stereocenters. The first-order valence-electron chi connectivity index (χ1n) is 10.9. The minimum absolute atomic E-state index is 0.0127. The Bertz CT molecular complexity index is 1600. The Morgan fingerprint density at radius 2 is 1.89 bits per heavy atom. The van der Waals surface area contributed by atoms with E-state index in [9.17, 15) is 18.0 Å². The number of thiophene rings is 1. The highest BCUT2D eigenvalue weighted by Crippen LogP contribution is 2.32. The number of halogens is 1. The Hall–Kier alpha value is -2.70. The van der Waals surface area contributed by atoms with Gasteiger partial charge in [0.05, 0.1) is 26.7 Å². The van der Waals surface area contributed by atoms with Gasteiger partial charge in [0.1, 0.15) is 4.83 Å². The summed E-state index contributed by atoms with van der Waals surface area (Å²) in [7, 11) is -0.843. The zero-order valence-electron chi connectivity index (χ0n) is 19.7. The molecule has 0 aliphatic carbocycles. The summed E-state index contributed by atoms with van der Waals surface area (Å²) in [6, 6.07) is 15.8. The molecule has 0 radical (unpaired) electrons. The van der Waals surface area contributed by atoms with Gasteiger partial charge in [-0.2, -0.15) is 0 Å². The molecule has 8 nitrogen and oxygen atoms in total. The Morgan fingerprint density at radius 1 is 1.17 bits per heavy atom. The first kappa shape index (κ1) is 26.4. The summed E-state index contributed by atoms with van der Waals surface area (Å²) in [5, 5.41) is 3.84. The van der Waals surface area contributed by atoms with Crippen LogP contribution >= 0.6 is 34.7 Å². The maximum Gasteiger partial charge on any atom is 0.262 e. The predicted molar refractivity (Wildman–Crippen MR) is 147 cm³/mol. The number of hydrogen-bond acceptors (Lipinski definition) is 7. The van der Waals surface area contributed by atoms with E-state index in [1.54, 1.807) is 4.57 Å². The van der Waals surface area contributed by atoms with Crippen molar-refractivity contribution in [2.75, 3.05) is 25.2 Å². The van der Waals surface area contributed by atoms with Crippen molar-refractivity contribution in [3.63, 3.8) is 0 Å². The molecule has 0 saturated carbocycles. The van der Waals surface area contributed by atoms with Crippen LogP contribution in [-0.2, 0) is 21.4 Å². The van der Waals surface area contributed by atoms with Crippen LogP contribution in [0.1, 0.15) is 6.92 Å². The number of anilines is 1. The Balaban J connectivity index is 1.56. The molecule has 36 heavy (non-hydrogen) atoms. The fourth-order valence-electron chi connectivity index (χ4n) is 3.42. The van der Waals surface area contributed by atoms with Crippen LogP contribution in [0.3, 0.4) is 0 Å². The lowest BCUT2D eigenvalue weighted by molar-refractivity contribution is -0.113. The minimum atomic E-state index is -3.69. The van der Waals surface area contributed by atoms with E-state index >= 15 is 0 Å². The lowest BCUT2D eigenvalue weighted by atomic mass is 10.2. The number of hydrogen-bond donors (Lipinski definition) is 1. The van der Waals surface area contributed by atoms with Crippen LogP contribution in [0.5, 0.6) is 0 Å². The highest BCUT2D eigenvalue weighted by molar-refractivity contribution is 7.99. The fraction of sp³-hybridized carbons (Fsp3) is 0.208. The van der Waals surface area contributed by atoms with E-state index in [-0.39, 0.29) is 26.9 Å². The highest BCUT2D eigenvalue weighted by atomic mass is 35.5. The van der Waals surface area contributed by atoms with Gasteiger partial charge in [0.25, 0.3) is 5.56 Å². The quantitative estimate of drug-likeness (QED) is 0.245. The summed E-state index contributed by atoms with van der Waals surface area (Å²) in [6.45, 7) is 2.25. The van der Waals surface area contributed by atoms with E-state index in [4.69, 9.17) is 11.6 Å². The second kappa shape index (κ2) is 10.7. The van der Waals surface area contributed by atoms with E-state index in [2.05, 4.69) is 10.3 Å². The molecule has 0 aliphatic rings. The molecule has 1 amide bonds. The molecule has 0 saturated heterocycles. The molecule has 0 aliphatic heterocycles. The molecule has 2 aromatic heterocycles. The number of nitrogens with zero attached hydrogens (tertiary/aromatic N) is 3. The van der Waals surface area contributed by atoms with E-state index in [0.29, 0.717) is 21.9 Å². The summed E-state index contributed by atoms with van der Waals surface area (Å²) < 4.78 is 27.5. The average molecular weight is 563 g/mol. The fourth-order valence-corrected chi connectivity index (χ4v) is 6.45. The van der Waals surface area contributed by atoms with E-state index in [1.807, 2.05) is 43.3 Å². The summed E-state index contributed by atoms with van der Waals surface area (Å²) in [5.41, 5.74) is 1.03. The van der Waals surface area contributed by atoms with Gasteiger partial charge in [-0.3, -0.25) is 14.2 Å². The van der Waals surface area contributed by atoms with Crippen LogP contribution < -0.4 is 10.9 Å². The van der Waals surface area contributed by atoms with Crippen LogP contribution in [0.4, 0.5) is 5.69 Å². The topological polar surface area (TPSA) is 101 Å². The standard InChI is InChI=1S/C24H23ClN4O4S3/c1-4-29-23(31)17-13-20(15-8-6-5-7-9-15)35-22(17)27-24(29)34-14-21(30)26-19-12-16(10-11-18(19)25)36(32,33)28(2)3/h5-13H,4,14H2,1-3H3,(H,26,30). The molecule has 2 heterocycles. The second-order valence-corrected chi connectivity index (χ2v) is 12.4. The van der Waals surface area contributed by atoms with Gasteiger partial charge in [0.2, 0.25) is 15.9 Å². The normalized spacial score (nSPS) is 11.8. The Labute approximate surface area is 222 Å². The third kappa shape index (κ3) is 5.35. The van der Waals surface area contributed by atoms with Crippen molar-refractivity contribution >= 4 is 66.5 Å². The number of fused-ring (bicyclic) bond motifs is 1. The van der Waals surface area contributed by atoms with Crippen molar-refractivity contribution in [3.05, 3.63) is 70.0 Å². The molecule has 4 aromatic rings. The van der Waals surface area contributed by atoms with Crippen LogP contribution in [0.2, 0.25) is 5.02 Å². The van der Waals surface area contributed by atoms with Crippen molar-refractivity contribution in [1.29, 1.82) is 0 Å². The van der Waals surface area contributed by atoms with Crippen molar-refractivity contribution in [2.45, 2.75) is 23.5 Å². The van der Waals surface area contributed by atoms with Gasteiger partial charge in [-0.25, -0.2) is 17.7 Å². The largest absolute Gasteiger partial charge is 0.324 e. The Kier molecular flexibility index (Phi) is 7.86. The molecular weight excluding hydrogens is 540 g/mol. The molecular formula is C24H23ClN4O4S3. The Morgan fingerprint density at radius 3 is 2.56 bits per heavy atom. The smallest absolute Gasteiger partial charge is 0.262 e. The SMILES string of the molecule is CCn1c(SCC(=O)Nc2cc(S(=O)(=O)N(C)C)ccc2Cl)nc2sc(-c3ccccc3)cc2c1=O. The third-order valence-electron chi connectivity index (χ3n) is 5.31. The number of rotatable bonds is 8. The number of amides is 1. The van der Waals surface area contributed by atoms with Gasteiger partial charge in [-0.1, -0.05) is 53.7 Å². The van der Waals surface area contributed by atoms with Gasteiger partial charge in [-0.05, 0) is 36.8 Å². The van der Waals surface area contributed by atoms with Gasteiger partial charge in [-0.15, -0.1) is 11.3 Å². The number of carbonyl (C=O) groups excluding carboxylic acids is 1. The van der Waals surface area contributed by atoms with Gasteiger partial charge < -0.3 is 5.32 Å². The molecule has 0 unspecified atom stereocenters. The number of thioether (sulfide) groups is 1. The van der Waals surface area contributed by atoms with Crippen molar-refractivity contribution in [2.24, 2.45) is 0 Å². The molecule has 12 heteroatoms. The van der Waals surface area contributed by atoms with Crippen molar-refractivity contribution in [1.82, 2.24) is 13.9 Å². The molecule has 2 aromatic carbocycles. The monoisotopic (exact) mass is 562 g/mol. The molecule has 188 valence electrons. The van der Waals surface area contributed by atoms with Crippen LogP contribution in [0, 0.1) is 0 Å². The summed E-state index contributed by atoms with van der Waals surface area (Å²) in [6.07, 6.45) is 0. The maximum atomic E-state index is 13.1. The van der Waals surface area contributed by atoms with Gasteiger partial charge in [0, 0.05) is 25.5 Å². The van der Waals surface area contributed by atoms with E-state index in [0.717, 1.165) is 26.5 Å². The predicted octanol–water partition coefficient (Wildman–Crippen LogP) is 4.78. The number of benzene rings is 2. The van der Waals surface area contributed by atoms with Crippen molar-refractivity contribution in [3.8, 4) is 10.4 Å².